The molecule has 0 aromatic heterocycles. The predicted molar refractivity (Wildman–Crippen MR) is 94.7 cm³/mol. The van der Waals surface area contributed by atoms with Crippen LogP contribution < -0.4 is 61.2 Å². The second-order valence-corrected chi connectivity index (χ2v) is 7.33. The molecule has 0 amide bonds. The zero-order chi connectivity index (χ0) is 18.3. The normalized spacial score (nSPS) is 11.0. The minimum absolute atomic E-state index is 0. The Labute approximate surface area is 198 Å². The van der Waals surface area contributed by atoms with Crippen LogP contribution in [0.3, 0.4) is 0 Å². The number of aryl methyl sites for hydroxylation is 1. The van der Waals surface area contributed by atoms with E-state index in [2.05, 4.69) is 6.92 Å². The summed E-state index contributed by atoms with van der Waals surface area (Å²) in [5.74, 6) is -0.573. The molecule has 0 atom stereocenters. The third kappa shape index (κ3) is 7.30. The molecule has 26 heavy (non-hydrogen) atoms. The van der Waals surface area contributed by atoms with Crippen LogP contribution in [0, 0.1) is 0 Å². The fraction of sp³-hybridized carbons (Fsp3) is 0.368. The average molecular weight is 403 g/mol. The van der Waals surface area contributed by atoms with Crippen LogP contribution in [-0.4, -0.2) is 13.0 Å². The zero-order valence-corrected chi connectivity index (χ0v) is 19.2. The summed E-state index contributed by atoms with van der Waals surface area (Å²) in [6, 6.07) is 11.1. The zero-order valence-electron chi connectivity index (χ0n) is 15.3. The topological polar surface area (TPSA) is 86.7 Å². The average Bonchev–Trinajstić information content (AvgIpc) is 2.55. The van der Waals surface area contributed by atoms with E-state index in [9.17, 15) is 18.1 Å². The van der Waals surface area contributed by atoms with Gasteiger partial charge in [0.25, 0.3) is 10.1 Å². The van der Waals surface area contributed by atoms with Crippen molar-refractivity contribution >= 4 is 10.1 Å². The minimum atomic E-state index is -4.65. The van der Waals surface area contributed by atoms with Gasteiger partial charge in [-0.15, -0.1) is 0 Å². The van der Waals surface area contributed by atoms with E-state index >= 15 is 0 Å². The Morgan fingerprint density at radius 1 is 1.00 bits per heavy atom. The molecule has 136 valence electrons. The van der Waals surface area contributed by atoms with Crippen molar-refractivity contribution < 1.29 is 74.2 Å². The third-order valence-corrected chi connectivity index (χ3v) is 4.84. The summed E-state index contributed by atoms with van der Waals surface area (Å²) in [4.78, 5) is -0.741. The fourth-order valence-corrected chi connectivity index (χ4v) is 3.30. The molecule has 0 spiro atoms. The van der Waals surface area contributed by atoms with Gasteiger partial charge in [-0.3, -0.25) is 4.55 Å². The van der Waals surface area contributed by atoms with Gasteiger partial charge in [-0.1, -0.05) is 62.6 Å². The monoisotopic (exact) mass is 402 g/mol. The smallest absolute Gasteiger partial charge is 0.871 e. The van der Waals surface area contributed by atoms with Crippen LogP contribution in [-0.2, 0) is 16.5 Å². The molecule has 2 rings (SSSR count). The maximum atomic E-state index is 11.7. The molecule has 7 heteroatoms. The summed E-state index contributed by atoms with van der Waals surface area (Å²) in [5, 5.41) is 11.7. The van der Waals surface area contributed by atoms with E-state index in [1.807, 2.05) is 12.1 Å². The molecular weight excluding hydrogens is 379 g/mol. The molecule has 0 fully saturated rings. The molecule has 0 aliphatic heterocycles. The van der Waals surface area contributed by atoms with Crippen molar-refractivity contribution in [2.24, 2.45) is 0 Å². The van der Waals surface area contributed by atoms with Gasteiger partial charge in [0.1, 0.15) is 16.4 Å². The van der Waals surface area contributed by atoms with Crippen LogP contribution in [0.4, 0.5) is 0 Å². The van der Waals surface area contributed by atoms with Crippen molar-refractivity contribution in [3.8, 4) is 17.2 Å². The molecule has 2 aromatic rings. The molecular formula is C19H23KO5S. The van der Waals surface area contributed by atoms with Gasteiger partial charge in [0.15, 0.2) is 0 Å². The largest absolute Gasteiger partial charge is 1.00 e. The van der Waals surface area contributed by atoms with Gasteiger partial charge in [-0.2, -0.15) is 8.42 Å². The number of benzene rings is 2. The van der Waals surface area contributed by atoms with E-state index in [4.69, 9.17) is 4.74 Å². The summed E-state index contributed by atoms with van der Waals surface area (Å²) in [6.07, 6.45) is 7.06. The molecule has 1 N–H and O–H groups in total. The van der Waals surface area contributed by atoms with Gasteiger partial charge in [0.05, 0.1) is 0 Å². The SMILES string of the molecule is CCCCCCCc1ccc(Oc2cccc([O-])c2S(=O)(=O)O)cc1.[K+]. The Morgan fingerprint density at radius 3 is 2.27 bits per heavy atom. The molecule has 0 saturated carbocycles. The molecule has 5 nitrogen and oxygen atoms in total. The molecule has 2 aromatic carbocycles. The van der Waals surface area contributed by atoms with Gasteiger partial charge >= 0.3 is 51.4 Å². The second kappa shape index (κ2) is 11.4. The first-order valence-electron chi connectivity index (χ1n) is 8.46. The van der Waals surface area contributed by atoms with Crippen molar-refractivity contribution in [3.05, 3.63) is 48.0 Å². The Hall–Kier alpha value is -0.414. The standard InChI is InChI=1S/C19H24O5S.K/c1-2-3-4-5-6-8-15-11-13-16(14-12-15)24-18-10-7-9-17(20)19(18)25(21,22)23;/h7,9-14,20H,2-6,8H2,1H3,(H,21,22,23);/q;+1/p-1. The van der Waals surface area contributed by atoms with Gasteiger partial charge < -0.3 is 9.84 Å². The van der Waals surface area contributed by atoms with Crippen molar-refractivity contribution in [2.45, 2.75) is 50.3 Å². The van der Waals surface area contributed by atoms with Crippen LogP contribution in [0.15, 0.2) is 47.4 Å². The Balaban J connectivity index is 0.00000338. The second-order valence-electron chi connectivity index (χ2n) is 5.97. The van der Waals surface area contributed by atoms with Crippen LogP contribution in [0.2, 0.25) is 0 Å². The molecule has 0 radical (unpaired) electrons. The quantitative estimate of drug-likeness (QED) is 0.388. The first-order chi connectivity index (χ1) is 11.9. The number of rotatable bonds is 9. The van der Waals surface area contributed by atoms with Gasteiger partial charge in [-0.05, 0) is 36.6 Å². The fourth-order valence-electron chi connectivity index (χ4n) is 2.61. The summed E-state index contributed by atoms with van der Waals surface area (Å²) in [6.45, 7) is 2.19. The van der Waals surface area contributed by atoms with E-state index in [0.717, 1.165) is 18.9 Å². The van der Waals surface area contributed by atoms with E-state index in [1.54, 1.807) is 12.1 Å². The summed E-state index contributed by atoms with van der Waals surface area (Å²) in [7, 11) is -4.65. The number of ether oxygens (including phenoxy) is 1. The van der Waals surface area contributed by atoms with Crippen LogP contribution in [0.25, 0.3) is 0 Å². The predicted octanol–water partition coefficient (Wildman–Crippen LogP) is 1.32. The van der Waals surface area contributed by atoms with Gasteiger partial charge in [0, 0.05) is 0 Å². The third-order valence-electron chi connectivity index (χ3n) is 3.92. The molecule has 0 bridgehead atoms. The van der Waals surface area contributed by atoms with Crippen LogP contribution in [0.1, 0.15) is 44.6 Å². The van der Waals surface area contributed by atoms with Crippen molar-refractivity contribution in [2.75, 3.05) is 0 Å². The van der Waals surface area contributed by atoms with E-state index in [-0.39, 0.29) is 57.1 Å². The molecule has 0 aliphatic rings. The molecule has 0 unspecified atom stereocenters. The number of unbranched alkanes of at least 4 members (excludes halogenated alkanes) is 4. The minimum Gasteiger partial charge on any atom is -0.871 e. The van der Waals surface area contributed by atoms with Crippen molar-refractivity contribution in [3.63, 3.8) is 0 Å². The summed E-state index contributed by atoms with van der Waals surface area (Å²) >= 11 is 0. The first kappa shape index (κ1) is 23.6. The van der Waals surface area contributed by atoms with Crippen LogP contribution >= 0.6 is 0 Å². The number of hydrogen-bond donors (Lipinski definition) is 1. The number of hydrogen-bond acceptors (Lipinski definition) is 4. The van der Waals surface area contributed by atoms with E-state index < -0.39 is 20.8 Å². The molecule has 0 aliphatic carbocycles. The maximum Gasteiger partial charge on any atom is 1.00 e. The van der Waals surface area contributed by atoms with Gasteiger partial charge in [-0.25, -0.2) is 0 Å². The van der Waals surface area contributed by atoms with E-state index in [0.29, 0.717) is 5.75 Å². The van der Waals surface area contributed by atoms with Gasteiger partial charge in [0.2, 0.25) is 0 Å². The summed E-state index contributed by atoms with van der Waals surface area (Å²) < 4.78 is 37.5. The van der Waals surface area contributed by atoms with Crippen LogP contribution in [0.5, 0.6) is 17.2 Å². The Bertz CT molecular complexity index is 788. The van der Waals surface area contributed by atoms with Crippen molar-refractivity contribution in [1.82, 2.24) is 0 Å². The summed E-state index contributed by atoms with van der Waals surface area (Å²) in [5.41, 5.74) is 1.18. The maximum absolute atomic E-state index is 11.7. The first-order valence-corrected chi connectivity index (χ1v) is 9.90. The molecule has 0 saturated heterocycles. The Kier molecular flexibility index (Phi) is 10.4. The molecule has 0 heterocycles. The Morgan fingerprint density at radius 2 is 1.65 bits per heavy atom. The van der Waals surface area contributed by atoms with E-state index in [1.165, 1.54) is 43.4 Å². The van der Waals surface area contributed by atoms with Crippen molar-refractivity contribution in [1.29, 1.82) is 0 Å².